The first-order valence-electron chi connectivity index (χ1n) is 11.3. The minimum absolute atomic E-state index is 0.0928. The van der Waals surface area contributed by atoms with Gasteiger partial charge in [-0.05, 0) is 26.0 Å². The molecule has 13 nitrogen and oxygen atoms in total. The molecule has 0 saturated heterocycles. The first-order valence-corrected chi connectivity index (χ1v) is 13.2. The Morgan fingerprint density at radius 2 is 1.66 bits per heavy atom. The molecule has 15 heteroatoms. The lowest BCUT2D eigenvalue weighted by Gasteiger charge is -2.22. The van der Waals surface area contributed by atoms with Gasteiger partial charge in [0.05, 0.1) is 31.0 Å². The number of sulfonamides is 1. The van der Waals surface area contributed by atoms with Gasteiger partial charge in [0.15, 0.2) is 11.6 Å². The molecule has 0 spiro atoms. The van der Waals surface area contributed by atoms with Crippen LogP contribution in [-0.2, 0) is 21.8 Å². The van der Waals surface area contributed by atoms with E-state index in [4.69, 9.17) is 25.8 Å². The van der Waals surface area contributed by atoms with Crippen LogP contribution in [0.25, 0.3) is 17.1 Å². The number of ether oxygens (including phenoxy) is 3. The van der Waals surface area contributed by atoms with Gasteiger partial charge >= 0.3 is 0 Å². The normalized spacial score (nSPS) is 13.2. The van der Waals surface area contributed by atoms with E-state index in [1.165, 1.54) is 45.2 Å². The smallest absolute Gasteiger partial charge is 0.243 e. The van der Waals surface area contributed by atoms with Crippen LogP contribution in [0.1, 0.15) is 24.5 Å². The van der Waals surface area contributed by atoms with Crippen LogP contribution in [0.5, 0.6) is 11.5 Å². The number of nitrogens with one attached hydrogen (secondary N) is 1. The standard InChI is InChI=1S/C23H27ClN8O5S/c1-13-16(12-27-31(13)3)22-28-29-23(32(22)19-17(35-4)8-7-9-18(19)36-5)30-38(33,34)14(2)20(37-6)21-25-10-15(24)11-26-21/h7-12,14,20H,1-6H3,(H,29,30). The van der Waals surface area contributed by atoms with Crippen molar-refractivity contribution in [2.24, 2.45) is 7.05 Å². The largest absolute Gasteiger partial charge is 0.494 e. The minimum Gasteiger partial charge on any atom is -0.494 e. The lowest BCUT2D eigenvalue weighted by atomic mass is 10.2. The van der Waals surface area contributed by atoms with Crippen LogP contribution < -0.4 is 14.2 Å². The molecule has 0 saturated carbocycles. The molecule has 4 rings (SSSR count). The second kappa shape index (κ2) is 10.9. The Labute approximate surface area is 224 Å². The number of aromatic nitrogens is 7. The van der Waals surface area contributed by atoms with Gasteiger partial charge in [0, 0.05) is 32.2 Å². The van der Waals surface area contributed by atoms with Crippen LogP contribution >= 0.6 is 11.6 Å². The minimum atomic E-state index is -4.14. The molecule has 0 aliphatic heterocycles. The fourth-order valence-electron chi connectivity index (χ4n) is 3.87. The van der Waals surface area contributed by atoms with Crippen LogP contribution in [0.3, 0.4) is 0 Å². The van der Waals surface area contributed by atoms with Crippen LogP contribution in [0.15, 0.2) is 36.8 Å². The average molecular weight is 563 g/mol. The van der Waals surface area contributed by atoms with Crippen LogP contribution in [0.4, 0.5) is 5.95 Å². The summed E-state index contributed by atoms with van der Waals surface area (Å²) >= 11 is 5.89. The molecule has 2 atom stereocenters. The van der Waals surface area contributed by atoms with Gasteiger partial charge in [-0.2, -0.15) is 5.10 Å². The molecule has 4 aromatic rings. The summed E-state index contributed by atoms with van der Waals surface area (Å²) in [6.07, 6.45) is 3.37. The maximum absolute atomic E-state index is 13.6. The molecule has 0 amide bonds. The Morgan fingerprint density at radius 1 is 1.03 bits per heavy atom. The summed E-state index contributed by atoms with van der Waals surface area (Å²) in [5.41, 5.74) is 1.82. The highest BCUT2D eigenvalue weighted by Crippen LogP contribution is 2.38. The van der Waals surface area contributed by atoms with Crippen LogP contribution in [0, 0.1) is 6.92 Å². The third-order valence-electron chi connectivity index (χ3n) is 6.06. The molecule has 1 N–H and O–H groups in total. The first kappa shape index (κ1) is 27.3. The Morgan fingerprint density at radius 3 is 2.18 bits per heavy atom. The fourth-order valence-corrected chi connectivity index (χ4v) is 5.09. The third kappa shape index (κ3) is 5.01. The molecular formula is C23H27ClN8O5S. The summed E-state index contributed by atoms with van der Waals surface area (Å²) in [6.45, 7) is 3.34. The SMILES string of the molecule is COc1cccc(OC)c1-n1c(NS(=O)(=O)C(C)C(OC)c2ncc(Cl)cn2)nnc1-c1cnn(C)c1C. The second-order valence-corrected chi connectivity index (χ2v) is 10.7. The number of hydrogen-bond acceptors (Lipinski definition) is 10. The van der Waals surface area contributed by atoms with Crippen molar-refractivity contribution in [3.8, 4) is 28.6 Å². The van der Waals surface area contributed by atoms with E-state index in [1.807, 2.05) is 6.92 Å². The van der Waals surface area contributed by atoms with Gasteiger partial charge in [-0.15, -0.1) is 10.2 Å². The summed E-state index contributed by atoms with van der Waals surface area (Å²) < 4.78 is 49.6. The number of aryl methyl sites for hydroxylation is 1. The number of rotatable bonds is 10. The predicted octanol–water partition coefficient (Wildman–Crippen LogP) is 2.95. The highest BCUT2D eigenvalue weighted by atomic mass is 35.5. The van der Waals surface area contributed by atoms with E-state index >= 15 is 0 Å². The highest BCUT2D eigenvalue weighted by Gasteiger charge is 2.35. The molecule has 0 fully saturated rings. The monoisotopic (exact) mass is 562 g/mol. The van der Waals surface area contributed by atoms with Gasteiger partial charge in [-0.25, -0.2) is 18.4 Å². The number of anilines is 1. The Balaban J connectivity index is 1.85. The molecule has 1 aromatic carbocycles. The molecule has 0 aliphatic carbocycles. The maximum atomic E-state index is 13.6. The maximum Gasteiger partial charge on any atom is 0.243 e. The van der Waals surface area contributed by atoms with Crippen molar-refractivity contribution in [2.75, 3.05) is 26.1 Å². The van der Waals surface area contributed by atoms with E-state index in [2.05, 4.69) is 30.0 Å². The molecule has 0 aliphatic rings. The molecule has 38 heavy (non-hydrogen) atoms. The zero-order valence-electron chi connectivity index (χ0n) is 21.6. The third-order valence-corrected chi connectivity index (χ3v) is 7.95. The number of halogens is 1. The van der Waals surface area contributed by atoms with Crippen molar-refractivity contribution in [3.63, 3.8) is 0 Å². The number of benzene rings is 1. The molecule has 202 valence electrons. The molecule has 2 unspecified atom stereocenters. The quantitative estimate of drug-likeness (QED) is 0.306. The van der Waals surface area contributed by atoms with E-state index in [1.54, 1.807) is 36.1 Å². The van der Waals surface area contributed by atoms with Gasteiger partial charge in [0.25, 0.3) is 0 Å². The molecule has 3 aromatic heterocycles. The summed E-state index contributed by atoms with van der Waals surface area (Å²) in [7, 11) is 2.02. The van der Waals surface area contributed by atoms with Crippen molar-refractivity contribution in [3.05, 3.63) is 53.3 Å². The molecular weight excluding hydrogens is 536 g/mol. The van der Waals surface area contributed by atoms with Gasteiger partial charge < -0.3 is 14.2 Å². The number of methoxy groups -OCH3 is 3. The number of nitrogens with zero attached hydrogens (tertiary/aromatic N) is 7. The van der Waals surface area contributed by atoms with Gasteiger partial charge in [-0.1, -0.05) is 17.7 Å². The van der Waals surface area contributed by atoms with Crippen molar-refractivity contribution >= 4 is 27.6 Å². The Bertz CT molecular complexity index is 1520. The Hall–Kier alpha value is -3.75. The zero-order valence-corrected chi connectivity index (χ0v) is 23.1. The average Bonchev–Trinajstić information content (AvgIpc) is 3.46. The van der Waals surface area contributed by atoms with E-state index in [0.29, 0.717) is 33.6 Å². The number of hydrogen-bond donors (Lipinski definition) is 1. The van der Waals surface area contributed by atoms with Crippen molar-refractivity contribution < 1.29 is 22.6 Å². The van der Waals surface area contributed by atoms with Crippen molar-refractivity contribution in [1.82, 2.24) is 34.5 Å². The van der Waals surface area contributed by atoms with Gasteiger partial charge in [0.1, 0.15) is 28.5 Å². The summed E-state index contributed by atoms with van der Waals surface area (Å²) in [5, 5.41) is 12.0. The summed E-state index contributed by atoms with van der Waals surface area (Å²) in [6, 6.07) is 5.19. The van der Waals surface area contributed by atoms with Crippen LogP contribution in [-0.4, -0.2) is 69.5 Å². The number of para-hydroxylation sites is 1. The van der Waals surface area contributed by atoms with E-state index in [9.17, 15) is 8.42 Å². The van der Waals surface area contributed by atoms with Crippen molar-refractivity contribution in [2.45, 2.75) is 25.2 Å². The molecule has 0 radical (unpaired) electrons. The molecule has 0 bridgehead atoms. The van der Waals surface area contributed by atoms with Gasteiger partial charge in [0.2, 0.25) is 16.0 Å². The first-order chi connectivity index (χ1) is 18.1. The topological polar surface area (TPSA) is 148 Å². The van der Waals surface area contributed by atoms with Crippen LogP contribution in [0.2, 0.25) is 5.02 Å². The lowest BCUT2D eigenvalue weighted by Crippen LogP contribution is -2.33. The van der Waals surface area contributed by atoms with E-state index in [0.717, 1.165) is 5.69 Å². The summed E-state index contributed by atoms with van der Waals surface area (Å²) in [5.74, 6) is 1.21. The predicted molar refractivity (Wildman–Crippen MR) is 140 cm³/mol. The molecule has 3 heterocycles. The van der Waals surface area contributed by atoms with E-state index in [-0.39, 0.29) is 11.8 Å². The van der Waals surface area contributed by atoms with Crippen molar-refractivity contribution in [1.29, 1.82) is 0 Å². The Kier molecular flexibility index (Phi) is 7.85. The summed E-state index contributed by atoms with van der Waals surface area (Å²) in [4.78, 5) is 8.24. The lowest BCUT2D eigenvalue weighted by molar-refractivity contribution is 0.0950. The second-order valence-electron chi connectivity index (χ2n) is 8.23. The van der Waals surface area contributed by atoms with E-state index < -0.39 is 21.4 Å². The zero-order chi connectivity index (χ0) is 27.6. The highest BCUT2D eigenvalue weighted by molar-refractivity contribution is 7.93. The fraction of sp³-hybridized carbons (Fsp3) is 0.348. The van der Waals surface area contributed by atoms with Gasteiger partial charge in [-0.3, -0.25) is 14.0 Å².